The maximum absolute atomic E-state index is 12.8. The number of anilines is 1. The molecule has 1 fully saturated rings. The standard InChI is InChI=1S/C25H26BrCl2N3O5/c26-22-21(25(36-22)8-2-1-3-9-25)31-19(24(34)35-11-10-32)12-15-4-6-16(7-5-15)30-23(33)20-17(27)13-29-14-18(20)28/h4-7,13-14,19,31-32H,1-3,8-12H2,(H,30,33)/t19-/m0/s1. The zero-order valence-corrected chi connectivity index (χ0v) is 22.5. The van der Waals surface area contributed by atoms with Crippen LogP contribution in [0.4, 0.5) is 5.69 Å². The van der Waals surface area contributed by atoms with Crippen LogP contribution in [0.5, 0.6) is 0 Å². The molecule has 192 valence electrons. The van der Waals surface area contributed by atoms with Crippen molar-refractivity contribution in [2.75, 3.05) is 18.5 Å². The van der Waals surface area contributed by atoms with E-state index in [1.165, 1.54) is 18.8 Å². The Morgan fingerprint density at radius 2 is 1.81 bits per heavy atom. The summed E-state index contributed by atoms with van der Waals surface area (Å²) in [6.07, 6.45) is 8.12. The second kappa shape index (κ2) is 11.8. The molecule has 2 aromatic rings. The summed E-state index contributed by atoms with van der Waals surface area (Å²) < 4.78 is 11.8. The number of nitrogens with one attached hydrogen (secondary N) is 2. The number of nitrogens with zero attached hydrogens (tertiary/aromatic N) is 1. The van der Waals surface area contributed by atoms with Gasteiger partial charge in [0.05, 0.1) is 22.2 Å². The molecule has 1 aliphatic carbocycles. The highest BCUT2D eigenvalue weighted by atomic mass is 79.9. The Labute approximate surface area is 227 Å². The van der Waals surface area contributed by atoms with Gasteiger partial charge in [0.25, 0.3) is 5.91 Å². The number of esters is 1. The predicted molar refractivity (Wildman–Crippen MR) is 140 cm³/mol. The maximum Gasteiger partial charge on any atom is 0.328 e. The van der Waals surface area contributed by atoms with Crippen molar-refractivity contribution in [1.29, 1.82) is 0 Å². The highest BCUT2D eigenvalue weighted by Gasteiger charge is 2.49. The van der Waals surface area contributed by atoms with Crippen LogP contribution in [0, 0.1) is 0 Å². The molecular formula is C25H26BrCl2N3O5. The van der Waals surface area contributed by atoms with Crippen molar-refractivity contribution >= 4 is 56.7 Å². The summed E-state index contributed by atoms with van der Waals surface area (Å²) >= 11 is 15.6. The van der Waals surface area contributed by atoms with Crippen LogP contribution < -0.4 is 10.6 Å². The molecule has 8 nitrogen and oxygen atoms in total. The molecule has 0 unspecified atom stereocenters. The number of pyridine rings is 1. The van der Waals surface area contributed by atoms with E-state index in [0.717, 1.165) is 36.9 Å². The van der Waals surface area contributed by atoms with Crippen molar-refractivity contribution in [1.82, 2.24) is 10.3 Å². The monoisotopic (exact) mass is 597 g/mol. The molecular weight excluding hydrogens is 573 g/mol. The molecule has 11 heteroatoms. The number of aliphatic hydroxyl groups is 1. The highest BCUT2D eigenvalue weighted by Crippen LogP contribution is 2.48. The molecule has 1 saturated carbocycles. The summed E-state index contributed by atoms with van der Waals surface area (Å²) in [6.45, 7) is -0.332. The van der Waals surface area contributed by atoms with Crippen molar-refractivity contribution in [2.45, 2.75) is 50.2 Å². The number of ether oxygens (including phenoxy) is 2. The van der Waals surface area contributed by atoms with Crippen molar-refractivity contribution in [3.63, 3.8) is 0 Å². The average molecular weight is 599 g/mol. The van der Waals surface area contributed by atoms with Gasteiger partial charge in [-0.1, -0.05) is 41.8 Å². The van der Waals surface area contributed by atoms with Gasteiger partial charge in [-0.3, -0.25) is 9.78 Å². The number of aromatic nitrogens is 1. The minimum absolute atomic E-state index is 0.0794. The van der Waals surface area contributed by atoms with Crippen LogP contribution in [0.2, 0.25) is 10.0 Å². The number of hydrogen-bond acceptors (Lipinski definition) is 7. The van der Waals surface area contributed by atoms with E-state index in [9.17, 15) is 9.59 Å². The Hall–Kier alpha value is -2.33. The second-order valence-electron chi connectivity index (χ2n) is 8.73. The van der Waals surface area contributed by atoms with Gasteiger partial charge in [0.15, 0.2) is 10.3 Å². The van der Waals surface area contributed by atoms with Crippen LogP contribution in [0.1, 0.15) is 48.0 Å². The van der Waals surface area contributed by atoms with E-state index in [2.05, 4.69) is 31.5 Å². The molecule has 4 rings (SSSR count). The first-order valence-corrected chi connectivity index (χ1v) is 13.2. The molecule has 1 spiro atoms. The molecule has 36 heavy (non-hydrogen) atoms. The van der Waals surface area contributed by atoms with Gasteiger partial charge in [0.1, 0.15) is 18.3 Å². The van der Waals surface area contributed by atoms with Gasteiger partial charge in [0, 0.05) is 24.5 Å². The van der Waals surface area contributed by atoms with E-state index in [4.69, 9.17) is 37.8 Å². The summed E-state index contributed by atoms with van der Waals surface area (Å²) in [5, 5.41) is 15.5. The molecule has 0 radical (unpaired) electrons. The van der Waals surface area contributed by atoms with Gasteiger partial charge < -0.3 is 25.2 Å². The first-order chi connectivity index (χ1) is 17.3. The van der Waals surface area contributed by atoms with E-state index in [-0.39, 0.29) is 28.8 Å². The highest BCUT2D eigenvalue weighted by molar-refractivity contribution is 9.11. The Kier molecular flexibility index (Phi) is 8.77. The van der Waals surface area contributed by atoms with Gasteiger partial charge in [-0.15, -0.1) is 0 Å². The fourth-order valence-corrected chi connectivity index (χ4v) is 5.79. The van der Waals surface area contributed by atoms with Crippen LogP contribution in [-0.2, 0) is 20.7 Å². The number of rotatable bonds is 9. The summed E-state index contributed by atoms with van der Waals surface area (Å²) in [6, 6.07) is 6.41. The Morgan fingerprint density at radius 3 is 2.42 bits per heavy atom. The topological polar surface area (TPSA) is 110 Å². The van der Waals surface area contributed by atoms with E-state index in [1.807, 2.05) is 12.1 Å². The molecule has 0 saturated heterocycles. The lowest BCUT2D eigenvalue weighted by molar-refractivity contribution is -0.147. The van der Waals surface area contributed by atoms with E-state index >= 15 is 0 Å². The summed E-state index contributed by atoms with van der Waals surface area (Å²) in [7, 11) is 0. The SMILES string of the molecule is O=C(Nc1ccc(C[C@H](NC2=C(Br)OC23CCCCC3)C(=O)OCCO)cc1)c1c(Cl)cncc1Cl. The molecule has 1 aromatic carbocycles. The third-order valence-electron chi connectivity index (χ3n) is 6.27. The number of benzene rings is 1. The number of halogens is 3. The van der Waals surface area contributed by atoms with Crippen molar-refractivity contribution in [3.8, 4) is 0 Å². The van der Waals surface area contributed by atoms with Gasteiger partial charge in [-0.05, 0) is 59.3 Å². The Morgan fingerprint density at radius 1 is 1.14 bits per heavy atom. The molecule has 1 amide bonds. The Balaban J connectivity index is 1.46. The minimum atomic E-state index is -0.684. The summed E-state index contributed by atoms with van der Waals surface area (Å²) in [5.74, 6) is -0.916. The van der Waals surface area contributed by atoms with Crippen LogP contribution in [0.15, 0.2) is 47.0 Å². The fraction of sp³-hybridized carbons (Fsp3) is 0.400. The lowest BCUT2D eigenvalue weighted by atomic mass is 9.80. The van der Waals surface area contributed by atoms with E-state index in [1.54, 1.807) is 12.1 Å². The van der Waals surface area contributed by atoms with Crippen LogP contribution >= 0.6 is 39.1 Å². The van der Waals surface area contributed by atoms with Crippen molar-refractivity contribution in [2.24, 2.45) is 0 Å². The van der Waals surface area contributed by atoms with Crippen molar-refractivity contribution in [3.05, 3.63) is 68.2 Å². The van der Waals surface area contributed by atoms with E-state index < -0.39 is 23.5 Å². The first kappa shape index (κ1) is 26.7. The quantitative estimate of drug-likeness (QED) is 0.349. The van der Waals surface area contributed by atoms with Gasteiger partial charge in [-0.25, -0.2) is 4.79 Å². The smallest absolute Gasteiger partial charge is 0.328 e. The number of carbonyl (C=O) groups is 2. The molecule has 1 atom stereocenters. The fourth-order valence-electron chi connectivity index (χ4n) is 4.47. The molecule has 3 N–H and O–H groups in total. The van der Waals surface area contributed by atoms with Crippen LogP contribution in [0.25, 0.3) is 0 Å². The molecule has 2 heterocycles. The van der Waals surface area contributed by atoms with Gasteiger partial charge in [-0.2, -0.15) is 0 Å². The zero-order chi connectivity index (χ0) is 25.7. The maximum atomic E-state index is 12.8. The normalized spacial score (nSPS) is 17.1. The third-order valence-corrected chi connectivity index (χ3v) is 7.40. The summed E-state index contributed by atoms with van der Waals surface area (Å²) in [4.78, 5) is 29.3. The molecule has 0 bridgehead atoms. The van der Waals surface area contributed by atoms with Gasteiger partial charge >= 0.3 is 5.97 Å². The predicted octanol–water partition coefficient (Wildman–Crippen LogP) is 4.97. The molecule has 2 aliphatic rings. The van der Waals surface area contributed by atoms with Gasteiger partial charge in [0.2, 0.25) is 0 Å². The van der Waals surface area contributed by atoms with Crippen LogP contribution in [0.3, 0.4) is 0 Å². The largest absolute Gasteiger partial charge is 0.472 e. The lowest BCUT2D eigenvalue weighted by Crippen LogP contribution is -2.54. The average Bonchev–Trinajstić information content (AvgIpc) is 2.86. The second-order valence-corrected chi connectivity index (χ2v) is 10.3. The van der Waals surface area contributed by atoms with Crippen molar-refractivity contribution < 1.29 is 24.2 Å². The first-order valence-electron chi connectivity index (χ1n) is 11.7. The number of aliphatic hydroxyl groups excluding tert-OH is 1. The van der Waals surface area contributed by atoms with Crippen LogP contribution in [-0.4, -0.2) is 46.8 Å². The van der Waals surface area contributed by atoms with E-state index in [0.29, 0.717) is 16.8 Å². The summed E-state index contributed by atoms with van der Waals surface area (Å²) in [5.41, 5.74) is 2.02. The molecule has 1 aromatic heterocycles. The molecule has 1 aliphatic heterocycles. The number of hydrogen-bond donors (Lipinski definition) is 3. The minimum Gasteiger partial charge on any atom is -0.472 e. The lowest BCUT2D eigenvalue weighted by Gasteiger charge is -2.47. The Bertz CT molecular complexity index is 1130. The zero-order valence-electron chi connectivity index (χ0n) is 19.4. The third kappa shape index (κ3) is 5.96. The number of carbonyl (C=O) groups excluding carboxylic acids is 2. The number of amides is 1.